The summed E-state index contributed by atoms with van der Waals surface area (Å²) >= 11 is 0. The van der Waals surface area contributed by atoms with Crippen LogP contribution in [0.3, 0.4) is 0 Å². The molecule has 1 saturated carbocycles. The number of anilines is 1. The van der Waals surface area contributed by atoms with Crippen molar-refractivity contribution in [2.75, 3.05) is 5.43 Å². The van der Waals surface area contributed by atoms with E-state index in [4.69, 9.17) is 10.8 Å². The first-order valence-corrected chi connectivity index (χ1v) is 7.05. The van der Waals surface area contributed by atoms with Crippen molar-refractivity contribution in [2.45, 2.75) is 38.5 Å². The molecular weight excluding hydrogens is 250 g/mol. The zero-order chi connectivity index (χ0) is 13.9. The molecular formula is C15H19N5. The maximum Gasteiger partial charge on any atom is 0.180 e. The highest BCUT2D eigenvalue weighted by Gasteiger charge is 2.20. The molecule has 5 heteroatoms. The number of rotatable bonds is 3. The minimum Gasteiger partial charge on any atom is -0.308 e. The normalized spacial score (nSPS) is 15.5. The minimum atomic E-state index is 0.521. The molecule has 0 atom stereocenters. The Morgan fingerprint density at radius 2 is 2.05 bits per heavy atom. The van der Waals surface area contributed by atoms with Crippen LogP contribution in [0.2, 0.25) is 0 Å². The van der Waals surface area contributed by atoms with Crippen LogP contribution < -0.4 is 11.3 Å². The summed E-state index contributed by atoms with van der Waals surface area (Å²) in [5, 5.41) is 0. The van der Waals surface area contributed by atoms with Crippen LogP contribution in [0.25, 0.3) is 11.5 Å². The molecule has 0 aromatic carbocycles. The number of pyridine rings is 1. The van der Waals surface area contributed by atoms with Gasteiger partial charge in [0.25, 0.3) is 0 Å². The zero-order valence-corrected chi connectivity index (χ0v) is 11.6. The van der Waals surface area contributed by atoms with Crippen molar-refractivity contribution in [3.05, 3.63) is 35.7 Å². The molecule has 0 spiro atoms. The molecule has 0 amide bonds. The highest BCUT2D eigenvalue weighted by atomic mass is 15.3. The molecule has 1 fully saturated rings. The number of hydrazine groups is 1. The fourth-order valence-corrected chi connectivity index (χ4v) is 2.80. The summed E-state index contributed by atoms with van der Waals surface area (Å²) in [7, 11) is 0. The first-order valence-electron chi connectivity index (χ1n) is 7.05. The number of nitrogens with one attached hydrogen (secondary N) is 1. The minimum absolute atomic E-state index is 0.521. The third-order valence-corrected chi connectivity index (χ3v) is 3.89. The Morgan fingerprint density at radius 1 is 1.25 bits per heavy atom. The molecule has 2 aromatic rings. The summed E-state index contributed by atoms with van der Waals surface area (Å²) in [5.74, 6) is 7.37. The van der Waals surface area contributed by atoms with Gasteiger partial charge in [0.2, 0.25) is 0 Å². The number of aryl methyl sites for hydroxylation is 1. The Labute approximate surface area is 118 Å². The van der Waals surface area contributed by atoms with Crippen LogP contribution in [0.4, 0.5) is 5.82 Å². The molecule has 0 aliphatic heterocycles. The number of hydrogen-bond donors (Lipinski definition) is 2. The lowest BCUT2D eigenvalue weighted by atomic mass is 10.0. The molecule has 1 aliphatic carbocycles. The first kappa shape index (κ1) is 13.0. The van der Waals surface area contributed by atoms with Crippen LogP contribution in [0.1, 0.15) is 42.9 Å². The average Bonchev–Trinajstić information content (AvgIpc) is 3.01. The third-order valence-electron chi connectivity index (χ3n) is 3.89. The van der Waals surface area contributed by atoms with Gasteiger partial charge in [0.05, 0.1) is 0 Å². The van der Waals surface area contributed by atoms with Crippen molar-refractivity contribution in [3.63, 3.8) is 0 Å². The summed E-state index contributed by atoms with van der Waals surface area (Å²) < 4.78 is 0. The average molecular weight is 269 g/mol. The summed E-state index contributed by atoms with van der Waals surface area (Å²) in [5.41, 5.74) is 5.61. The van der Waals surface area contributed by atoms with Crippen LogP contribution in [-0.2, 0) is 0 Å². The number of aromatic nitrogens is 3. The van der Waals surface area contributed by atoms with Crippen molar-refractivity contribution >= 4 is 5.82 Å². The quantitative estimate of drug-likeness (QED) is 0.662. The van der Waals surface area contributed by atoms with Gasteiger partial charge in [0.1, 0.15) is 11.5 Å². The number of nitrogens with zero attached hydrogens (tertiary/aromatic N) is 3. The smallest absolute Gasteiger partial charge is 0.180 e. The summed E-state index contributed by atoms with van der Waals surface area (Å²) in [4.78, 5) is 13.6. The molecule has 2 heterocycles. The van der Waals surface area contributed by atoms with Crippen LogP contribution in [0.15, 0.2) is 24.4 Å². The second-order valence-electron chi connectivity index (χ2n) is 5.30. The Hall–Kier alpha value is -2.01. The van der Waals surface area contributed by atoms with Crippen molar-refractivity contribution in [2.24, 2.45) is 5.84 Å². The van der Waals surface area contributed by atoms with Crippen molar-refractivity contribution in [1.29, 1.82) is 0 Å². The Balaban J connectivity index is 2.06. The molecule has 0 saturated heterocycles. The van der Waals surface area contributed by atoms with E-state index in [-0.39, 0.29) is 0 Å². The molecule has 1 aliphatic rings. The first-order chi connectivity index (χ1) is 9.78. The van der Waals surface area contributed by atoms with E-state index in [0.29, 0.717) is 17.6 Å². The van der Waals surface area contributed by atoms with E-state index < -0.39 is 0 Å². The Kier molecular flexibility index (Phi) is 3.60. The second-order valence-corrected chi connectivity index (χ2v) is 5.30. The number of hydrogen-bond acceptors (Lipinski definition) is 5. The largest absolute Gasteiger partial charge is 0.308 e. The van der Waals surface area contributed by atoms with Gasteiger partial charge in [-0.15, -0.1) is 0 Å². The lowest BCUT2D eigenvalue weighted by Crippen LogP contribution is -2.12. The monoisotopic (exact) mass is 269 g/mol. The van der Waals surface area contributed by atoms with Crippen molar-refractivity contribution < 1.29 is 0 Å². The fraction of sp³-hybridized carbons (Fsp3) is 0.400. The molecule has 0 radical (unpaired) electrons. The van der Waals surface area contributed by atoms with Gasteiger partial charge in [0.15, 0.2) is 5.82 Å². The molecule has 5 nitrogen and oxygen atoms in total. The fourth-order valence-electron chi connectivity index (χ4n) is 2.80. The van der Waals surface area contributed by atoms with E-state index in [9.17, 15) is 0 Å². The van der Waals surface area contributed by atoms with Gasteiger partial charge in [0, 0.05) is 23.9 Å². The predicted molar refractivity (Wildman–Crippen MR) is 79.0 cm³/mol. The maximum atomic E-state index is 5.54. The molecule has 0 unspecified atom stereocenters. The third kappa shape index (κ3) is 2.49. The zero-order valence-electron chi connectivity index (χ0n) is 11.6. The lowest BCUT2D eigenvalue weighted by Gasteiger charge is -2.12. The van der Waals surface area contributed by atoms with Gasteiger partial charge >= 0.3 is 0 Å². The van der Waals surface area contributed by atoms with Gasteiger partial charge in [-0.05, 0) is 31.4 Å². The lowest BCUT2D eigenvalue weighted by molar-refractivity contribution is 0.695. The molecule has 3 rings (SSSR count). The van der Waals surface area contributed by atoms with E-state index in [2.05, 4.69) is 15.4 Å². The van der Waals surface area contributed by atoms with Crippen molar-refractivity contribution in [3.8, 4) is 11.5 Å². The molecule has 104 valence electrons. The van der Waals surface area contributed by atoms with E-state index in [1.54, 1.807) is 6.20 Å². The summed E-state index contributed by atoms with van der Waals surface area (Å²) in [6, 6.07) is 5.89. The predicted octanol–water partition coefficient (Wildman–Crippen LogP) is 2.79. The van der Waals surface area contributed by atoms with Gasteiger partial charge in [-0.3, -0.25) is 4.98 Å². The maximum absolute atomic E-state index is 5.54. The molecule has 0 bridgehead atoms. The highest BCUT2D eigenvalue weighted by molar-refractivity contribution is 5.57. The van der Waals surface area contributed by atoms with E-state index >= 15 is 0 Å². The highest BCUT2D eigenvalue weighted by Crippen LogP contribution is 2.34. The second kappa shape index (κ2) is 5.54. The summed E-state index contributed by atoms with van der Waals surface area (Å²) in [6.45, 7) is 2.02. The Bertz CT molecular complexity index is 605. The van der Waals surface area contributed by atoms with E-state index in [1.165, 1.54) is 25.7 Å². The molecule has 2 aromatic heterocycles. The van der Waals surface area contributed by atoms with Gasteiger partial charge in [-0.25, -0.2) is 15.8 Å². The van der Waals surface area contributed by atoms with E-state index in [1.807, 2.05) is 25.1 Å². The van der Waals surface area contributed by atoms with Gasteiger partial charge < -0.3 is 5.43 Å². The van der Waals surface area contributed by atoms with E-state index in [0.717, 1.165) is 17.0 Å². The Morgan fingerprint density at radius 3 is 2.75 bits per heavy atom. The van der Waals surface area contributed by atoms with Crippen LogP contribution >= 0.6 is 0 Å². The number of nitrogens with two attached hydrogens (primary N) is 1. The standard InChI is InChI=1S/C15H19N5/c1-10-5-4-8-17-14(10)15-18-12(9-13(19-15)20-16)11-6-2-3-7-11/h4-5,8-9,11H,2-3,6-7,16H2,1H3,(H,18,19,20). The molecule has 20 heavy (non-hydrogen) atoms. The van der Waals surface area contributed by atoms with Gasteiger partial charge in [-0.2, -0.15) is 0 Å². The summed E-state index contributed by atoms with van der Waals surface area (Å²) in [6.07, 6.45) is 6.71. The van der Waals surface area contributed by atoms with Crippen LogP contribution in [0.5, 0.6) is 0 Å². The number of nitrogen functional groups attached to an aromatic ring is 1. The van der Waals surface area contributed by atoms with Gasteiger partial charge in [-0.1, -0.05) is 18.9 Å². The SMILES string of the molecule is Cc1cccnc1-c1nc(NN)cc(C2CCCC2)n1. The van der Waals surface area contributed by atoms with Crippen LogP contribution in [-0.4, -0.2) is 15.0 Å². The molecule has 3 N–H and O–H groups in total. The van der Waals surface area contributed by atoms with Crippen LogP contribution in [0, 0.1) is 6.92 Å². The van der Waals surface area contributed by atoms with Crippen molar-refractivity contribution in [1.82, 2.24) is 15.0 Å². The topological polar surface area (TPSA) is 76.7 Å².